The van der Waals surface area contributed by atoms with E-state index in [9.17, 15) is 0 Å². The summed E-state index contributed by atoms with van der Waals surface area (Å²) < 4.78 is 6.25. The minimum Gasteiger partial charge on any atom is -0.421 e. The van der Waals surface area contributed by atoms with Gasteiger partial charge in [-0.25, -0.2) is 0 Å². The highest BCUT2D eigenvalue weighted by Gasteiger charge is 2.18. The molecule has 0 saturated heterocycles. The summed E-state index contributed by atoms with van der Waals surface area (Å²) in [7, 11) is 0. The molecule has 1 N–H and O–H groups in total. The van der Waals surface area contributed by atoms with Crippen molar-refractivity contribution in [2.24, 2.45) is 0 Å². The highest BCUT2D eigenvalue weighted by Crippen LogP contribution is 2.32. The molecule has 4 heteroatoms. The molecule has 4 rings (SSSR count). The second kappa shape index (κ2) is 12.5. The topological polar surface area (TPSA) is 51.0 Å². The van der Waals surface area contributed by atoms with Crippen LogP contribution in [0.5, 0.6) is 0 Å². The SMILES string of the molecule is CCCCCC(Cc1nnc(-c2ccc(CNCCCC)c3ccccc23)o1)c1ccccc1. The van der Waals surface area contributed by atoms with Gasteiger partial charge in [0.1, 0.15) is 0 Å². The Morgan fingerprint density at radius 2 is 1.56 bits per heavy atom. The molecule has 0 aliphatic heterocycles. The Balaban J connectivity index is 1.55. The van der Waals surface area contributed by atoms with E-state index in [0.717, 1.165) is 42.8 Å². The fraction of sp³-hybridized carbons (Fsp3) is 0.400. The van der Waals surface area contributed by atoms with Gasteiger partial charge in [-0.2, -0.15) is 0 Å². The lowest BCUT2D eigenvalue weighted by molar-refractivity contribution is 0.461. The van der Waals surface area contributed by atoms with Gasteiger partial charge in [0, 0.05) is 18.5 Å². The summed E-state index contributed by atoms with van der Waals surface area (Å²) in [6, 6.07) is 23.6. The van der Waals surface area contributed by atoms with Crippen molar-refractivity contribution in [1.82, 2.24) is 15.5 Å². The first-order valence-corrected chi connectivity index (χ1v) is 12.9. The summed E-state index contributed by atoms with van der Waals surface area (Å²) in [5, 5.41) is 14.9. The van der Waals surface area contributed by atoms with Crippen molar-refractivity contribution in [2.45, 2.75) is 71.3 Å². The second-order valence-electron chi connectivity index (χ2n) is 9.16. The molecule has 1 unspecified atom stereocenters. The molecule has 1 heterocycles. The molecule has 0 fully saturated rings. The molecule has 0 radical (unpaired) electrons. The fourth-order valence-corrected chi connectivity index (χ4v) is 4.64. The van der Waals surface area contributed by atoms with Gasteiger partial charge in [0.2, 0.25) is 11.8 Å². The molecule has 0 spiro atoms. The van der Waals surface area contributed by atoms with Crippen LogP contribution in [0.2, 0.25) is 0 Å². The monoisotopic (exact) mass is 455 g/mol. The van der Waals surface area contributed by atoms with Crippen LogP contribution < -0.4 is 5.32 Å². The summed E-state index contributed by atoms with van der Waals surface area (Å²) in [6.45, 7) is 6.38. The number of rotatable bonds is 13. The summed E-state index contributed by atoms with van der Waals surface area (Å²) in [5.74, 6) is 1.72. The molecule has 1 atom stereocenters. The smallest absolute Gasteiger partial charge is 0.248 e. The zero-order valence-corrected chi connectivity index (χ0v) is 20.6. The Hall–Kier alpha value is -2.98. The number of hydrogen-bond donors (Lipinski definition) is 1. The zero-order valence-electron chi connectivity index (χ0n) is 20.6. The molecule has 34 heavy (non-hydrogen) atoms. The molecule has 0 amide bonds. The number of benzene rings is 3. The lowest BCUT2D eigenvalue weighted by Crippen LogP contribution is -2.14. The number of nitrogens with zero attached hydrogens (tertiary/aromatic N) is 2. The second-order valence-corrected chi connectivity index (χ2v) is 9.16. The summed E-state index contributed by atoms with van der Waals surface area (Å²) in [5.41, 5.74) is 3.66. The molecule has 4 aromatic rings. The van der Waals surface area contributed by atoms with Gasteiger partial charge in [0.05, 0.1) is 0 Å². The molecule has 0 saturated carbocycles. The van der Waals surface area contributed by atoms with Crippen LogP contribution in [0.25, 0.3) is 22.2 Å². The molecule has 3 aromatic carbocycles. The average Bonchev–Trinajstić information content (AvgIpc) is 3.35. The molecule has 0 bridgehead atoms. The first-order valence-electron chi connectivity index (χ1n) is 12.9. The van der Waals surface area contributed by atoms with E-state index < -0.39 is 0 Å². The van der Waals surface area contributed by atoms with Gasteiger partial charge in [0.25, 0.3) is 0 Å². The van der Waals surface area contributed by atoms with Crippen LogP contribution in [-0.2, 0) is 13.0 Å². The van der Waals surface area contributed by atoms with Crippen molar-refractivity contribution in [3.63, 3.8) is 0 Å². The molecule has 1 aromatic heterocycles. The van der Waals surface area contributed by atoms with Gasteiger partial charge in [-0.3, -0.25) is 0 Å². The van der Waals surface area contributed by atoms with Crippen LogP contribution >= 0.6 is 0 Å². The van der Waals surface area contributed by atoms with E-state index >= 15 is 0 Å². The maximum Gasteiger partial charge on any atom is 0.248 e. The lowest BCUT2D eigenvalue weighted by Gasteiger charge is -2.15. The fourth-order valence-electron chi connectivity index (χ4n) is 4.64. The summed E-state index contributed by atoms with van der Waals surface area (Å²) >= 11 is 0. The van der Waals surface area contributed by atoms with E-state index in [-0.39, 0.29) is 0 Å². The first kappa shape index (κ1) is 24.2. The van der Waals surface area contributed by atoms with Gasteiger partial charge in [0.15, 0.2) is 0 Å². The van der Waals surface area contributed by atoms with Crippen molar-refractivity contribution < 1.29 is 4.42 Å². The highest BCUT2D eigenvalue weighted by atomic mass is 16.4. The maximum absolute atomic E-state index is 6.25. The number of fused-ring (bicyclic) bond motifs is 1. The first-order chi connectivity index (χ1) is 16.8. The minimum atomic E-state index is 0.398. The predicted octanol–water partition coefficient (Wildman–Crippen LogP) is 7.69. The molecule has 178 valence electrons. The number of nitrogens with one attached hydrogen (secondary N) is 1. The van der Waals surface area contributed by atoms with Gasteiger partial charge >= 0.3 is 0 Å². The van der Waals surface area contributed by atoms with Crippen molar-refractivity contribution >= 4 is 10.8 Å². The lowest BCUT2D eigenvalue weighted by atomic mass is 9.90. The molecule has 4 nitrogen and oxygen atoms in total. The van der Waals surface area contributed by atoms with E-state index in [0.29, 0.717) is 11.8 Å². The third-order valence-electron chi connectivity index (χ3n) is 6.58. The van der Waals surface area contributed by atoms with Crippen molar-refractivity contribution in [2.75, 3.05) is 6.54 Å². The van der Waals surface area contributed by atoms with Crippen LogP contribution in [0, 0.1) is 0 Å². The van der Waals surface area contributed by atoms with Crippen LogP contribution in [0.15, 0.2) is 71.1 Å². The summed E-state index contributed by atoms with van der Waals surface area (Å²) in [4.78, 5) is 0. The van der Waals surface area contributed by atoms with E-state index in [2.05, 4.69) is 96.1 Å². The zero-order chi connectivity index (χ0) is 23.6. The Kier molecular flexibility index (Phi) is 8.86. The summed E-state index contributed by atoms with van der Waals surface area (Å²) in [6.07, 6.45) is 8.01. The normalized spacial score (nSPS) is 12.3. The van der Waals surface area contributed by atoms with Crippen molar-refractivity contribution in [3.05, 3.63) is 83.7 Å². The Morgan fingerprint density at radius 3 is 2.35 bits per heavy atom. The average molecular weight is 456 g/mol. The van der Waals surface area contributed by atoms with Crippen molar-refractivity contribution in [1.29, 1.82) is 0 Å². The Morgan fingerprint density at radius 1 is 0.794 bits per heavy atom. The van der Waals surface area contributed by atoms with Gasteiger partial charge in [-0.05, 0) is 53.3 Å². The molecule has 0 aliphatic carbocycles. The van der Waals surface area contributed by atoms with E-state index in [4.69, 9.17) is 4.42 Å². The maximum atomic E-state index is 6.25. The van der Waals surface area contributed by atoms with Crippen LogP contribution in [0.3, 0.4) is 0 Å². The van der Waals surface area contributed by atoms with E-state index in [1.165, 1.54) is 48.6 Å². The molecule has 0 aliphatic rings. The minimum absolute atomic E-state index is 0.398. The Bertz CT molecular complexity index is 1150. The predicted molar refractivity (Wildman–Crippen MR) is 141 cm³/mol. The van der Waals surface area contributed by atoms with E-state index in [1.807, 2.05) is 0 Å². The number of unbranched alkanes of at least 4 members (excludes halogenated alkanes) is 3. The molecular weight excluding hydrogens is 418 g/mol. The van der Waals surface area contributed by atoms with Crippen LogP contribution in [-0.4, -0.2) is 16.7 Å². The van der Waals surface area contributed by atoms with Gasteiger partial charge in [-0.1, -0.05) is 100 Å². The third-order valence-corrected chi connectivity index (χ3v) is 6.58. The highest BCUT2D eigenvalue weighted by molar-refractivity contribution is 5.96. The van der Waals surface area contributed by atoms with Gasteiger partial charge in [-0.15, -0.1) is 10.2 Å². The standard InChI is InChI=1S/C30H37N3O/c1-3-5-8-15-24(23-13-9-7-10-14-23)21-29-32-33-30(34-29)28-19-18-25(22-31-20-6-4-2)26-16-11-12-17-27(26)28/h7,9-14,16-19,24,31H,3-6,8,15,20-22H2,1-2H3. The molecular formula is C30H37N3O. The van der Waals surface area contributed by atoms with Crippen LogP contribution in [0.4, 0.5) is 0 Å². The Labute approximate surface area is 203 Å². The van der Waals surface area contributed by atoms with Crippen LogP contribution in [0.1, 0.15) is 75.3 Å². The van der Waals surface area contributed by atoms with Gasteiger partial charge < -0.3 is 9.73 Å². The quantitative estimate of drug-likeness (QED) is 0.210. The van der Waals surface area contributed by atoms with Crippen molar-refractivity contribution in [3.8, 4) is 11.5 Å². The number of hydrogen-bond acceptors (Lipinski definition) is 4. The number of aromatic nitrogens is 2. The largest absolute Gasteiger partial charge is 0.421 e. The third kappa shape index (κ3) is 6.12. The van der Waals surface area contributed by atoms with E-state index in [1.54, 1.807) is 0 Å².